The fraction of sp³-hybridized carbons (Fsp3) is 0.227. The van der Waals surface area contributed by atoms with E-state index in [0.29, 0.717) is 10.8 Å². The van der Waals surface area contributed by atoms with Crippen molar-refractivity contribution in [3.05, 3.63) is 71.3 Å². The fourth-order valence-corrected chi connectivity index (χ4v) is 4.74. The number of para-hydroxylation sites is 1. The average molecular weight is 406 g/mol. The van der Waals surface area contributed by atoms with Gasteiger partial charge in [0.15, 0.2) is 10.8 Å². The quantitative estimate of drug-likeness (QED) is 0.492. The molecule has 2 aromatic heterocycles. The molecule has 146 valence electrons. The molecule has 5 rings (SSSR count). The molecule has 1 aliphatic carbocycles. The molecular weight excluding hydrogens is 387 g/mol. The van der Waals surface area contributed by atoms with Crippen molar-refractivity contribution in [1.29, 1.82) is 0 Å². The van der Waals surface area contributed by atoms with Gasteiger partial charge >= 0.3 is 0 Å². The Bertz CT molecular complexity index is 1180. The molecule has 0 saturated carbocycles. The summed E-state index contributed by atoms with van der Waals surface area (Å²) < 4.78 is 16.2. The van der Waals surface area contributed by atoms with Crippen molar-refractivity contribution in [2.24, 2.45) is 0 Å². The van der Waals surface area contributed by atoms with Crippen LogP contribution < -0.4 is 4.90 Å². The summed E-state index contributed by atoms with van der Waals surface area (Å²) in [6.45, 7) is 0. The lowest BCUT2D eigenvalue weighted by molar-refractivity contribution is 0.0987. The highest BCUT2D eigenvalue weighted by Crippen LogP contribution is 2.31. The SMILES string of the molecule is CN(C(=O)c1nn(-c2ccc(F)cc2)c2c1CCCC2)c1nc2ccccc2s1. The highest BCUT2D eigenvalue weighted by molar-refractivity contribution is 7.22. The molecule has 0 aliphatic heterocycles. The number of fused-ring (bicyclic) bond motifs is 2. The van der Waals surface area contributed by atoms with Gasteiger partial charge in [-0.3, -0.25) is 9.69 Å². The van der Waals surface area contributed by atoms with Gasteiger partial charge in [-0.2, -0.15) is 5.10 Å². The number of carbonyl (C=O) groups is 1. The smallest absolute Gasteiger partial charge is 0.280 e. The molecule has 0 radical (unpaired) electrons. The molecule has 0 N–H and O–H groups in total. The second-order valence-corrected chi connectivity index (χ2v) is 8.21. The Morgan fingerprint density at radius 3 is 2.66 bits per heavy atom. The van der Waals surface area contributed by atoms with Crippen molar-refractivity contribution in [2.45, 2.75) is 25.7 Å². The lowest BCUT2D eigenvalue weighted by Crippen LogP contribution is -2.27. The summed E-state index contributed by atoms with van der Waals surface area (Å²) in [4.78, 5) is 19.5. The monoisotopic (exact) mass is 406 g/mol. The van der Waals surface area contributed by atoms with Crippen LogP contribution in [0.5, 0.6) is 0 Å². The van der Waals surface area contributed by atoms with E-state index < -0.39 is 0 Å². The average Bonchev–Trinajstić information content (AvgIpc) is 3.35. The van der Waals surface area contributed by atoms with Crippen LogP contribution >= 0.6 is 11.3 Å². The third-order valence-electron chi connectivity index (χ3n) is 5.33. The number of nitrogens with zero attached hydrogens (tertiary/aromatic N) is 4. The van der Waals surface area contributed by atoms with Gasteiger partial charge in [0.2, 0.25) is 0 Å². The minimum Gasteiger partial charge on any atom is -0.286 e. The van der Waals surface area contributed by atoms with Crippen LogP contribution in [0.25, 0.3) is 15.9 Å². The number of hydrogen-bond donors (Lipinski definition) is 0. The molecule has 0 spiro atoms. The first-order valence-corrected chi connectivity index (χ1v) is 10.4. The van der Waals surface area contributed by atoms with E-state index in [2.05, 4.69) is 10.1 Å². The van der Waals surface area contributed by atoms with Crippen LogP contribution in [0.3, 0.4) is 0 Å². The van der Waals surface area contributed by atoms with E-state index in [1.165, 1.54) is 23.5 Å². The van der Waals surface area contributed by atoms with E-state index in [0.717, 1.165) is 52.8 Å². The number of hydrogen-bond acceptors (Lipinski definition) is 4. The molecule has 2 aromatic carbocycles. The Morgan fingerprint density at radius 1 is 1.10 bits per heavy atom. The van der Waals surface area contributed by atoms with Gasteiger partial charge in [-0.05, 0) is 62.1 Å². The van der Waals surface area contributed by atoms with Gasteiger partial charge in [-0.25, -0.2) is 14.1 Å². The third-order valence-corrected chi connectivity index (χ3v) is 6.44. The van der Waals surface area contributed by atoms with Crippen molar-refractivity contribution in [1.82, 2.24) is 14.8 Å². The highest BCUT2D eigenvalue weighted by atomic mass is 32.1. The molecule has 29 heavy (non-hydrogen) atoms. The first-order chi connectivity index (χ1) is 14.1. The summed E-state index contributed by atoms with van der Waals surface area (Å²) in [6.07, 6.45) is 3.78. The van der Waals surface area contributed by atoms with Crippen LogP contribution in [0, 0.1) is 5.82 Å². The number of amides is 1. The molecule has 0 unspecified atom stereocenters. The van der Waals surface area contributed by atoms with Crippen molar-refractivity contribution in [2.75, 3.05) is 11.9 Å². The van der Waals surface area contributed by atoms with Gasteiger partial charge in [0.1, 0.15) is 5.82 Å². The van der Waals surface area contributed by atoms with Crippen LogP contribution in [0.1, 0.15) is 34.6 Å². The van der Waals surface area contributed by atoms with E-state index in [1.807, 2.05) is 24.3 Å². The Kier molecular flexibility index (Phi) is 4.39. The Hall–Kier alpha value is -3.06. The van der Waals surface area contributed by atoms with Gasteiger partial charge in [-0.15, -0.1) is 0 Å². The number of halogens is 1. The third kappa shape index (κ3) is 3.11. The van der Waals surface area contributed by atoms with Gasteiger partial charge < -0.3 is 0 Å². The Labute approximate surface area is 171 Å². The molecule has 0 bridgehead atoms. The van der Waals surface area contributed by atoms with E-state index in [9.17, 15) is 9.18 Å². The summed E-state index contributed by atoms with van der Waals surface area (Å²) in [5.41, 5.74) is 4.16. The number of carbonyl (C=O) groups excluding carboxylic acids is 1. The van der Waals surface area contributed by atoms with Gasteiger partial charge in [0, 0.05) is 18.3 Å². The van der Waals surface area contributed by atoms with Crippen LogP contribution in [0.4, 0.5) is 9.52 Å². The van der Waals surface area contributed by atoms with Crippen molar-refractivity contribution >= 4 is 32.6 Å². The standard InChI is InChI=1S/C22H19FN4OS/c1-26(22-24-17-7-3-5-9-19(17)29-22)21(28)20-16-6-2-4-8-18(16)27(25-20)15-12-10-14(23)11-13-15/h3,5,7,9-13H,2,4,6,8H2,1H3. The molecule has 1 aliphatic rings. The van der Waals surface area contributed by atoms with Crippen LogP contribution in [0.2, 0.25) is 0 Å². The maximum absolute atomic E-state index is 13.4. The van der Waals surface area contributed by atoms with E-state index in [4.69, 9.17) is 0 Å². The van der Waals surface area contributed by atoms with E-state index in [1.54, 1.807) is 28.8 Å². The first kappa shape index (κ1) is 18.0. The molecule has 4 aromatic rings. The van der Waals surface area contributed by atoms with E-state index >= 15 is 0 Å². The predicted molar refractivity (Wildman–Crippen MR) is 113 cm³/mol. The molecule has 2 heterocycles. The Balaban J connectivity index is 1.56. The summed E-state index contributed by atoms with van der Waals surface area (Å²) in [7, 11) is 1.74. The molecular formula is C22H19FN4OS. The second kappa shape index (κ2) is 7.08. The number of aromatic nitrogens is 3. The summed E-state index contributed by atoms with van der Waals surface area (Å²) in [5.74, 6) is -0.454. The van der Waals surface area contributed by atoms with Crippen molar-refractivity contribution in [3.8, 4) is 5.69 Å². The number of thiazole rings is 1. The van der Waals surface area contributed by atoms with E-state index in [-0.39, 0.29) is 11.7 Å². The fourth-order valence-electron chi connectivity index (χ4n) is 3.82. The maximum Gasteiger partial charge on any atom is 0.280 e. The lowest BCUT2D eigenvalue weighted by Gasteiger charge is -2.15. The summed E-state index contributed by atoms with van der Waals surface area (Å²) in [6, 6.07) is 14.1. The highest BCUT2D eigenvalue weighted by Gasteiger charge is 2.28. The molecule has 0 saturated heterocycles. The minimum atomic E-state index is -0.290. The molecule has 7 heteroatoms. The van der Waals surface area contributed by atoms with Crippen LogP contribution in [-0.4, -0.2) is 27.7 Å². The zero-order chi connectivity index (χ0) is 20.0. The topological polar surface area (TPSA) is 51.0 Å². The maximum atomic E-state index is 13.4. The molecule has 0 fully saturated rings. The normalized spacial score (nSPS) is 13.4. The number of rotatable bonds is 3. The molecule has 5 nitrogen and oxygen atoms in total. The minimum absolute atomic E-state index is 0.164. The van der Waals surface area contributed by atoms with Crippen LogP contribution in [0.15, 0.2) is 48.5 Å². The zero-order valence-electron chi connectivity index (χ0n) is 15.9. The van der Waals surface area contributed by atoms with Crippen LogP contribution in [-0.2, 0) is 12.8 Å². The number of anilines is 1. The Morgan fingerprint density at radius 2 is 1.86 bits per heavy atom. The largest absolute Gasteiger partial charge is 0.286 e. The molecule has 1 amide bonds. The van der Waals surface area contributed by atoms with Gasteiger partial charge in [0.05, 0.1) is 15.9 Å². The molecule has 0 atom stereocenters. The lowest BCUT2D eigenvalue weighted by atomic mass is 9.95. The van der Waals surface area contributed by atoms with Crippen molar-refractivity contribution < 1.29 is 9.18 Å². The zero-order valence-corrected chi connectivity index (χ0v) is 16.7. The first-order valence-electron chi connectivity index (χ1n) is 9.62. The predicted octanol–water partition coefficient (Wildman–Crippen LogP) is 4.78. The number of benzene rings is 2. The summed E-state index contributed by atoms with van der Waals surface area (Å²) >= 11 is 1.49. The second-order valence-electron chi connectivity index (χ2n) is 7.20. The van der Waals surface area contributed by atoms with Crippen molar-refractivity contribution in [3.63, 3.8) is 0 Å². The van der Waals surface area contributed by atoms with Gasteiger partial charge in [-0.1, -0.05) is 23.5 Å². The summed E-state index contributed by atoms with van der Waals surface area (Å²) in [5, 5.41) is 5.32. The van der Waals surface area contributed by atoms with Gasteiger partial charge in [0.25, 0.3) is 5.91 Å².